The zero-order chi connectivity index (χ0) is 14.4. The number of aryl methyl sites for hydroxylation is 1. The van der Waals surface area contributed by atoms with Gasteiger partial charge in [0, 0.05) is 16.0 Å². The van der Waals surface area contributed by atoms with Gasteiger partial charge in [0.15, 0.2) is 6.29 Å². The van der Waals surface area contributed by atoms with Crippen LogP contribution in [0.2, 0.25) is 0 Å². The molecule has 3 aromatic rings. The summed E-state index contributed by atoms with van der Waals surface area (Å²) in [4.78, 5) is 13.1. The topological polar surface area (TPSA) is 43.1 Å². The van der Waals surface area contributed by atoms with Crippen molar-refractivity contribution in [2.75, 3.05) is 5.73 Å². The van der Waals surface area contributed by atoms with Crippen LogP contribution in [-0.2, 0) is 12.8 Å². The van der Waals surface area contributed by atoms with Crippen molar-refractivity contribution >= 4 is 33.4 Å². The minimum Gasteiger partial charge on any atom is -0.390 e. The zero-order valence-electron chi connectivity index (χ0n) is 11.6. The number of fused-ring (bicyclic) bond motifs is 2. The quantitative estimate of drug-likeness (QED) is 0.709. The first kappa shape index (κ1) is 12.6. The number of nitrogens with two attached hydrogens (primary N) is 1. The average molecular weight is 293 g/mol. The number of rotatable bonds is 2. The number of nitrogen functional groups attached to an aromatic ring is 1. The minimum absolute atomic E-state index is 0.757. The lowest BCUT2D eigenvalue weighted by Crippen LogP contribution is -1.94. The van der Waals surface area contributed by atoms with Crippen LogP contribution in [0.5, 0.6) is 0 Å². The second kappa shape index (κ2) is 4.71. The van der Waals surface area contributed by atoms with Crippen molar-refractivity contribution < 1.29 is 4.79 Å². The fourth-order valence-corrected chi connectivity index (χ4v) is 4.54. The molecule has 0 radical (unpaired) electrons. The standard InChI is InChI=1S/C18H15NOS/c19-18-17(14-6-3-7-16(14)21-18)13-9-8-11-4-1-2-5-12(11)15(13)10-20/h1-2,4-5,8-10H,3,6-7,19H2. The second-order valence-electron chi connectivity index (χ2n) is 5.46. The van der Waals surface area contributed by atoms with Gasteiger partial charge < -0.3 is 5.73 Å². The molecule has 2 nitrogen and oxygen atoms in total. The van der Waals surface area contributed by atoms with Crippen LogP contribution in [0.15, 0.2) is 36.4 Å². The molecule has 0 aliphatic heterocycles. The van der Waals surface area contributed by atoms with E-state index in [1.165, 1.54) is 16.9 Å². The lowest BCUT2D eigenvalue weighted by molar-refractivity contribution is 0.112. The molecule has 21 heavy (non-hydrogen) atoms. The highest BCUT2D eigenvalue weighted by Gasteiger charge is 2.23. The maximum Gasteiger partial charge on any atom is 0.151 e. The summed E-state index contributed by atoms with van der Waals surface area (Å²) in [5.74, 6) is 0. The lowest BCUT2D eigenvalue weighted by atomic mass is 9.93. The maximum atomic E-state index is 11.7. The molecule has 0 saturated heterocycles. The zero-order valence-corrected chi connectivity index (χ0v) is 12.4. The van der Waals surface area contributed by atoms with Crippen molar-refractivity contribution in [3.8, 4) is 11.1 Å². The summed E-state index contributed by atoms with van der Waals surface area (Å²) in [5.41, 5.74) is 10.5. The Morgan fingerprint density at radius 1 is 1.10 bits per heavy atom. The molecule has 2 N–H and O–H groups in total. The number of aldehydes is 1. The third-order valence-electron chi connectivity index (χ3n) is 4.31. The van der Waals surface area contributed by atoms with Gasteiger partial charge in [0.1, 0.15) is 0 Å². The van der Waals surface area contributed by atoms with Crippen LogP contribution in [0.3, 0.4) is 0 Å². The molecule has 4 rings (SSSR count). The number of thiophene rings is 1. The van der Waals surface area contributed by atoms with Crippen LogP contribution >= 0.6 is 11.3 Å². The fraction of sp³-hybridized carbons (Fsp3) is 0.167. The number of hydrogen-bond donors (Lipinski definition) is 1. The molecule has 0 spiro atoms. The van der Waals surface area contributed by atoms with Gasteiger partial charge in [-0.05, 0) is 41.2 Å². The van der Waals surface area contributed by atoms with Crippen molar-refractivity contribution in [1.29, 1.82) is 0 Å². The van der Waals surface area contributed by atoms with Gasteiger partial charge in [-0.3, -0.25) is 4.79 Å². The van der Waals surface area contributed by atoms with E-state index in [2.05, 4.69) is 6.07 Å². The second-order valence-corrected chi connectivity index (χ2v) is 6.60. The maximum absolute atomic E-state index is 11.7. The molecular weight excluding hydrogens is 278 g/mol. The molecule has 104 valence electrons. The smallest absolute Gasteiger partial charge is 0.151 e. The summed E-state index contributed by atoms with van der Waals surface area (Å²) in [7, 11) is 0. The van der Waals surface area contributed by atoms with E-state index in [1.807, 2.05) is 30.3 Å². The summed E-state index contributed by atoms with van der Waals surface area (Å²) in [6.07, 6.45) is 4.35. The molecule has 0 amide bonds. The van der Waals surface area contributed by atoms with Crippen molar-refractivity contribution in [3.05, 3.63) is 52.4 Å². The monoisotopic (exact) mass is 293 g/mol. The van der Waals surface area contributed by atoms with Crippen LogP contribution < -0.4 is 5.73 Å². The first-order valence-electron chi connectivity index (χ1n) is 7.17. The molecule has 0 atom stereocenters. The Labute approximate surface area is 127 Å². The van der Waals surface area contributed by atoms with E-state index in [0.29, 0.717) is 0 Å². The largest absolute Gasteiger partial charge is 0.390 e. The minimum atomic E-state index is 0.757. The van der Waals surface area contributed by atoms with Crippen LogP contribution in [0.4, 0.5) is 5.00 Å². The third-order valence-corrected chi connectivity index (χ3v) is 5.43. The normalized spacial score (nSPS) is 13.5. The van der Waals surface area contributed by atoms with Crippen LogP contribution in [-0.4, -0.2) is 6.29 Å². The average Bonchev–Trinajstić information content (AvgIpc) is 3.06. The molecule has 1 aromatic heterocycles. The van der Waals surface area contributed by atoms with Crippen LogP contribution in [0, 0.1) is 0 Å². The van der Waals surface area contributed by atoms with Crippen molar-refractivity contribution in [1.82, 2.24) is 0 Å². The van der Waals surface area contributed by atoms with Gasteiger partial charge in [-0.2, -0.15) is 0 Å². The molecular formula is C18H15NOS. The van der Waals surface area contributed by atoms with E-state index in [1.54, 1.807) is 11.3 Å². The first-order chi connectivity index (χ1) is 10.3. The van der Waals surface area contributed by atoms with Gasteiger partial charge in [0.2, 0.25) is 0 Å². The number of hydrogen-bond acceptors (Lipinski definition) is 3. The van der Waals surface area contributed by atoms with Gasteiger partial charge in [0.05, 0.1) is 5.00 Å². The summed E-state index contributed by atoms with van der Waals surface area (Å²) in [6.45, 7) is 0. The molecule has 3 heteroatoms. The summed E-state index contributed by atoms with van der Waals surface area (Å²) in [6, 6.07) is 12.1. The van der Waals surface area contributed by atoms with E-state index >= 15 is 0 Å². The van der Waals surface area contributed by atoms with Gasteiger partial charge >= 0.3 is 0 Å². The Bertz CT molecular complexity index is 863. The Hall–Kier alpha value is -2.13. The summed E-state index contributed by atoms with van der Waals surface area (Å²) >= 11 is 1.68. The predicted octanol–water partition coefficient (Wildman–Crippen LogP) is 4.45. The molecule has 1 heterocycles. The van der Waals surface area contributed by atoms with Gasteiger partial charge in [-0.1, -0.05) is 36.4 Å². The molecule has 0 fully saturated rings. The van der Waals surface area contributed by atoms with Crippen molar-refractivity contribution in [2.24, 2.45) is 0 Å². The molecule has 1 aliphatic rings. The Balaban J connectivity index is 2.05. The van der Waals surface area contributed by atoms with Crippen LogP contribution in [0.25, 0.3) is 21.9 Å². The first-order valence-corrected chi connectivity index (χ1v) is 7.98. The third kappa shape index (κ3) is 1.81. The van der Waals surface area contributed by atoms with Gasteiger partial charge in [0.25, 0.3) is 0 Å². The van der Waals surface area contributed by atoms with Gasteiger partial charge in [-0.15, -0.1) is 11.3 Å². The predicted molar refractivity (Wildman–Crippen MR) is 89.1 cm³/mol. The molecule has 1 aliphatic carbocycles. The highest BCUT2D eigenvalue weighted by molar-refractivity contribution is 7.16. The van der Waals surface area contributed by atoms with E-state index in [0.717, 1.165) is 51.6 Å². The van der Waals surface area contributed by atoms with E-state index in [-0.39, 0.29) is 0 Å². The lowest BCUT2D eigenvalue weighted by Gasteiger charge is -2.10. The van der Waals surface area contributed by atoms with E-state index < -0.39 is 0 Å². The molecule has 0 saturated carbocycles. The van der Waals surface area contributed by atoms with Crippen molar-refractivity contribution in [2.45, 2.75) is 19.3 Å². The Kier molecular flexibility index (Phi) is 2.82. The Morgan fingerprint density at radius 3 is 2.81 bits per heavy atom. The highest BCUT2D eigenvalue weighted by atomic mass is 32.1. The number of carbonyl (C=O) groups is 1. The number of benzene rings is 2. The number of carbonyl (C=O) groups excluding carboxylic acids is 1. The van der Waals surface area contributed by atoms with Crippen LogP contribution in [0.1, 0.15) is 27.2 Å². The number of anilines is 1. The molecule has 0 bridgehead atoms. The van der Waals surface area contributed by atoms with Gasteiger partial charge in [-0.25, -0.2) is 0 Å². The summed E-state index contributed by atoms with van der Waals surface area (Å²) in [5, 5.41) is 2.94. The summed E-state index contributed by atoms with van der Waals surface area (Å²) < 4.78 is 0. The fourth-order valence-electron chi connectivity index (χ4n) is 3.36. The van der Waals surface area contributed by atoms with E-state index in [4.69, 9.17) is 5.73 Å². The molecule has 0 unspecified atom stereocenters. The van der Waals surface area contributed by atoms with Crippen molar-refractivity contribution in [3.63, 3.8) is 0 Å². The Morgan fingerprint density at radius 2 is 1.95 bits per heavy atom. The van der Waals surface area contributed by atoms with E-state index in [9.17, 15) is 4.79 Å². The SMILES string of the molecule is Nc1sc2c(c1-c1ccc3ccccc3c1C=O)CCC2. The highest BCUT2D eigenvalue weighted by Crippen LogP contribution is 2.45. The molecule has 2 aromatic carbocycles.